The fraction of sp³-hybridized carbons (Fsp3) is 0.923. The van der Waals surface area contributed by atoms with Crippen LogP contribution in [0.4, 0.5) is 0 Å². The van der Waals surface area contributed by atoms with Gasteiger partial charge in [-0.2, -0.15) is 0 Å². The minimum Gasteiger partial charge on any atom is -0.342 e. The first-order chi connectivity index (χ1) is 7.69. The van der Waals surface area contributed by atoms with Crippen LogP contribution >= 0.6 is 0 Å². The Kier molecular flexibility index (Phi) is 5.81. The minimum atomic E-state index is -0.275. The predicted molar refractivity (Wildman–Crippen MR) is 67.1 cm³/mol. The van der Waals surface area contributed by atoms with Crippen molar-refractivity contribution in [2.45, 2.75) is 58.4 Å². The molecule has 1 aliphatic carbocycles. The van der Waals surface area contributed by atoms with Gasteiger partial charge in [0.2, 0.25) is 5.91 Å². The second-order valence-electron chi connectivity index (χ2n) is 4.86. The molecule has 0 aromatic heterocycles. The molecule has 0 saturated heterocycles. The van der Waals surface area contributed by atoms with Crippen molar-refractivity contribution >= 4 is 5.91 Å². The van der Waals surface area contributed by atoms with Crippen LogP contribution in [-0.4, -0.2) is 29.9 Å². The van der Waals surface area contributed by atoms with E-state index in [0.717, 1.165) is 19.5 Å². The van der Waals surface area contributed by atoms with Crippen molar-refractivity contribution in [3.8, 4) is 0 Å². The van der Waals surface area contributed by atoms with E-state index in [-0.39, 0.29) is 11.9 Å². The van der Waals surface area contributed by atoms with Crippen LogP contribution in [-0.2, 0) is 4.79 Å². The van der Waals surface area contributed by atoms with Crippen LogP contribution in [0.1, 0.15) is 52.4 Å². The van der Waals surface area contributed by atoms with Crippen LogP contribution in [0.2, 0.25) is 0 Å². The number of amides is 1. The number of rotatable bonds is 5. The van der Waals surface area contributed by atoms with E-state index in [1.165, 1.54) is 32.1 Å². The second kappa shape index (κ2) is 6.89. The molecule has 1 rings (SSSR count). The molecule has 94 valence electrons. The SMILES string of the molecule is CCN(CC)C(=O)C(N)CC1CCCCC1. The van der Waals surface area contributed by atoms with Crippen LogP contribution in [0.25, 0.3) is 0 Å². The lowest BCUT2D eigenvalue weighted by atomic mass is 9.85. The van der Waals surface area contributed by atoms with Crippen molar-refractivity contribution in [3.05, 3.63) is 0 Å². The zero-order valence-electron chi connectivity index (χ0n) is 10.7. The molecular formula is C13H26N2O. The van der Waals surface area contributed by atoms with Crippen LogP contribution < -0.4 is 5.73 Å². The first kappa shape index (κ1) is 13.5. The molecular weight excluding hydrogens is 200 g/mol. The second-order valence-corrected chi connectivity index (χ2v) is 4.86. The smallest absolute Gasteiger partial charge is 0.239 e. The van der Waals surface area contributed by atoms with E-state index in [4.69, 9.17) is 5.73 Å². The zero-order chi connectivity index (χ0) is 12.0. The number of hydrogen-bond acceptors (Lipinski definition) is 2. The number of hydrogen-bond donors (Lipinski definition) is 1. The van der Waals surface area contributed by atoms with Gasteiger partial charge in [0, 0.05) is 13.1 Å². The van der Waals surface area contributed by atoms with Gasteiger partial charge in [0.25, 0.3) is 0 Å². The Morgan fingerprint density at radius 3 is 2.31 bits per heavy atom. The quantitative estimate of drug-likeness (QED) is 0.781. The summed E-state index contributed by atoms with van der Waals surface area (Å²) in [5.41, 5.74) is 6.01. The minimum absolute atomic E-state index is 0.135. The fourth-order valence-electron chi connectivity index (χ4n) is 2.65. The van der Waals surface area contributed by atoms with E-state index in [2.05, 4.69) is 0 Å². The Hall–Kier alpha value is -0.570. The highest BCUT2D eigenvalue weighted by Crippen LogP contribution is 2.27. The molecule has 0 heterocycles. The van der Waals surface area contributed by atoms with Crippen LogP contribution in [0.5, 0.6) is 0 Å². The number of likely N-dealkylation sites (N-methyl/N-ethyl adjacent to an activating group) is 1. The molecule has 0 aliphatic heterocycles. The lowest BCUT2D eigenvalue weighted by Crippen LogP contribution is -2.44. The highest BCUT2D eigenvalue weighted by molar-refractivity contribution is 5.81. The first-order valence-electron chi connectivity index (χ1n) is 6.73. The highest BCUT2D eigenvalue weighted by atomic mass is 16.2. The van der Waals surface area contributed by atoms with Crippen molar-refractivity contribution < 1.29 is 4.79 Å². The summed E-state index contributed by atoms with van der Waals surface area (Å²) in [6, 6.07) is -0.275. The molecule has 0 bridgehead atoms. The maximum atomic E-state index is 12.0. The average molecular weight is 226 g/mol. The monoisotopic (exact) mass is 226 g/mol. The van der Waals surface area contributed by atoms with Gasteiger partial charge in [-0.25, -0.2) is 0 Å². The third kappa shape index (κ3) is 3.78. The zero-order valence-corrected chi connectivity index (χ0v) is 10.7. The molecule has 2 N–H and O–H groups in total. The molecule has 1 unspecified atom stereocenters. The highest BCUT2D eigenvalue weighted by Gasteiger charge is 2.23. The molecule has 1 amide bonds. The Labute approximate surface area is 99.4 Å². The average Bonchev–Trinajstić information content (AvgIpc) is 2.31. The Morgan fingerprint density at radius 2 is 1.81 bits per heavy atom. The lowest BCUT2D eigenvalue weighted by molar-refractivity contribution is -0.132. The maximum absolute atomic E-state index is 12.0. The molecule has 0 aromatic carbocycles. The van der Waals surface area contributed by atoms with Crippen LogP contribution in [0, 0.1) is 5.92 Å². The Balaban J connectivity index is 2.37. The molecule has 3 nitrogen and oxygen atoms in total. The number of carbonyl (C=O) groups excluding carboxylic acids is 1. The number of nitrogens with zero attached hydrogens (tertiary/aromatic N) is 1. The van der Waals surface area contributed by atoms with E-state index in [1.54, 1.807) is 0 Å². The van der Waals surface area contributed by atoms with Gasteiger partial charge in [0.1, 0.15) is 0 Å². The van der Waals surface area contributed by atoms with Crippen molar-refractivity contribution in [1.29, 1.82) is 0 Å². The standard InChI is InChI=1S/C13H26N2O/c1-3-15(4-2)13(16)12(14)10-11-8-6-5-7-9-11/h11-12H,3-10,14H2,1-2H3. The summed E-state index contributed by atoms with van der Waals surface area (Å²) in [6.07, 6.45) is 7.40. The maximum Gasteiger partial charge on any atom is 0.239 e. The summed E-state index contributed by atoms with van der Waals surface area (Å²) < 4.78 is 0. The molecule has 3 heteroatoms. The normalized spacial score (nSPS) is 19.4. The molecule has 16 heavy (non-hydrogen) atoms. The van der Waals surface area contributed by atoms with Gasteiger partial charge in [-0.15, -0.1) is 0 Å². The largest absolute Gasteiger partial charge is 0.342 e. The third-order valence-corrected chi connectivity index (χ3v) is 3.70. The van der Waals surface area contributed by atoms with Crippen molar-refractivity contribution in [2.75, 3.05) is 13.1 Å². The van der Waals surface area contributed by atoms with E-state index in [0.29, 0.717) is 5.92 Å². The van der Waals surface area contributed by atoms with Gasteiger partial charge in [0.15, 0.2) is 0 Å². The van der Waals surface area contributed by atoms with Gasteiger partial charge in [-0.3, -0.25) is 4.79 Å². The summed E-state index contributed by atoms with van der Waals surface area (Å²) >= 11 is 0. The molecule has 0 aromatic rings. The van der Waals surface area contributed by atoms with Gasteiger partial charge in [-0.1, -0.05) is 32.1 Å². The van der Waals surface area contributed by atoms with Gasteiger partial charge >= 0.3 is 0 Å². The van der Waals surface area contributed by atoms with E-state index >= 15 is 0 Å². The molecule has 1 fully saturated rings. The van der Waals surface area contributed by atoms with Gasteiger partial charge < -0.3 is 10.6 Å². The summed E-state index contributed by atoms with van der Waals surface area (Å²) in [6.45, 7) is 5.56. The topological polar surface area (TPSA) is 46.3 Å². The number of nitrogens with two attached hydrogens (primary N) is 1. The summed E-state index contributed by atoms with van der Waals surface area (Å²) in [5.74, 6) is 0.818. The van der Waals surface area contributed by atoms with Crippen molar-refractivity contribution in [3.63, 3.8) is 0 Å². The fourth-order valence-corrected chi connectivity index (χ4v) is 2.65. The molecule has 1 aliphatic rings. The van der Waals surface area contributed by atoms with Crippen molar-refractivity contribution in [1.82, 2.24) is 4.90 Å². The lowest BCUT2D eigenvalue weighted by Gasteiger charge is -2.27. The van der Waals surface area contributed by atoms with E-state index in [1.807, 2.05) is 18.7 Å². The van der Waals surface area contributed by atoms with E-state index in [9.17, 15) is 4.79 Å². The van der Waals surface area contributed by atoms with Crippen molar-refractivity contribution in [2.24, 2.45) is 11.7 Å². The van der Waals surface area contributed by atoms with Crippen LogP contribution in [0.3, 0.4) is 0 Å². The van der Waals surface area contributed by atoms with Gasteiger partial charge in [0.05, 0.1) is 6.04 Å². The summed E-state index contributed by atoms with van der Waals surface area (Å²) in [5, 5.41) is 0. The first-order valence-corrected chi connectivity index (χ1v) is 6.73. The van der Waals surface area contributed by atoms with Crippen LogP contribution in [0.15, 0.2) is 0 Å². The summed E-state index contributed by atoms with van der Waals surface area (Å²) in [4.78, 5) is 13.8. The number of carbonyl (C=O) groups is 1. The Morgan fingerprint density at radius 1 is 1.25 bits per heavy atom. The molecule has 0 spiro atoms. The van der Waals surface area contributed by atoms with Gasteiger partial charge in [-0.05, 0) is 26.2 Å². The van der Waals surface area contributed by atoms with E-state index < -0.39 is 0 Å². The molecule has 1 atom stereocenters. The Bertz CT molecular complexity index is 208. The summed E-state index contributed by atoms with van der Waals surface area (Å²) in [7, 11) is 0. The predicted octanol–water partition coefficient (Wildman–Crippen LogP) is 2.15. The molecule has 1 saturated carbocycles. The third-order valence-electron chi connectivity index (χ3n) is 3.70. The molecule has 0 radical (unpaired) electrons.